The van der Waals surface area contributed by atoms with E-state index in [4.69, 9.17) is 4.74 Å². The fraction of sp³-hybridized carbons (Fsp3) is 0.125. The number of benzene rings is 1. The number of hydrogen-bond acceptors (Lipinski definition) is 7. The number of aromatic nitrogens is 3. The quantitative estimate of drug-likeness (QED) is 0.633. The number of nitrogens with zero attached hydrogens (tertiary/aromatic N) is 2. The summed E-state index contributed by atoms with van der Waals surface area (Å²) in [6, 6.07) is 5.70. The Bertz CT molecular complexity index is 996. The van der Waals surface area contributed by atoms with Crippen molar-refractivity contribution in [3.63, 3.8) is 0 Å². The van der Waals surface area contributed by atoms with Gasteiger partial charge in [-0.05, 0) is 30.3 Å². The van der Waals surface area contributed by atoms with Crippen LogP contribution in [-0.4, -0.2) is 28.0 Å². The van der Waals surface area contributed by atoms with E-state index in [0.717, 1.165) is 12.1 Å². The Morgan fingerprint density at radius 1 is 1.22 bits per heavy atom. The average Bonchev–Trinajstić information content (AvgIpc) is 3.05. The molecule has 0 radical (unpaired) electrons. The molecule has 1 aromatic carbocycles. The van der Waals surface area contributed by atoms with Crippen LogP contribution in [0.5, 0.6) is 5.75 Å². The second-order valence-corrected chi connectivity index (χ2v) is 5.15. The lowest BCUT2D eigenvalue weighted by atomic mass is 10.2. The summed E-state index contributed by atoms with van der Waals surface area (Å²) in [5.41, 5.74) is -0.328. The second kappa shape index (κ2) is 7.32. The lowest BCUT2D eigenvalue weighted by Gasteiger charge is -2.14. The number of hydrogen-bond donors (Lipinski definition) is 2. The first kappa shape index (κ1) is 18.2. The van der Waals surface area contributed by atoms with Gasteiger partial charge in [-0.25, -0.2) is 9.78 Å². The summed E-state index contributed by atoms with van der Waals surface area (Å²) < 4.78 is 47.8. The molecule has 140 valence electrons. The summed E-state index contributed by atoms with van der Waals surface area (Å²) in [6.45, 7) is -0.265. The Balaban J connectivity index is 1.99. The zero-order valence-electron chi connectivity index (χ0n) is 13.4. The Kier molecular flexibility index (Phi) is 4.92. The van der Waals surface area contributed by atoms with E-state index in [1.165, 1.54) is 24.4 Å². The molecular formula is C16H11F3N4O4. The second-order valence-electron chi connectivity index (χ2n) is 5.15. The third-order valence-electron chi connectivity index (χ3n) is 3.37. The van der Waals surface area contributed by atoms with Crippen LogP contribution in [0.15, 0.2) is 45.8 Å². The standard InChI is InChI=1S/C16H11F3N4O4/c17-16(18,19)9-1-3-10(4-2-9)21-13-12(14-22-15(25)27-23-14)11(5-6-20-13)26-8-7-24/h1-7H,8H2,(H,20,21)(H,22,23,25). The van der Waals surface area contributed by atoms with Gasteiger partial charge >= 0.3 is 11.9 Å². The molecule has 0 saturated carbocycles. The number of H-pyrrole nitrogens is 1. The molecule has 2 N–H and O–H groups in total. The smallest absolute Gasteiger partial charge is 0.439 e. The summed E-state index contributed by atoms with van der Waals surface area (Å²) in [5, 5.41) is 6.39. The van der Waals surface area contributed by atoms with Gasteiger partial charge in [-0.2, -0.15) is 13.2 Å². The number of carbonyl (C=O) groups excluding carboxylic acids is 1. The van der Waals surface area contributed by atoms with Gasteiger partial charge in [0.15, 0.2) is 12.1 Å². The number of aldehydes is 1. The maximum Gasteiger partial charge on any atom is 0.439 e. The molecule has 0 aliphatic carbocycles. The highest BCUT2D eigenvalue weighted by molar-refractivity contribution is 5.79. The molecule has 0 aliphatic rings. The van der Waals surface area contributed by atoms with Crippen molar-refractivity contribution in [3.05, 3.63) is 52.6 Å². The molecule has 0 spiro atoms. The SMILES string of the molecule is O=CCOc1ccnc(Nc2ccc(C(F)(F)F)cc2)c1-c1noc(=O)[nH]1. The van der Waals surface area contributed by atoms with E-state index in [2.05, 4.69) is 25.0 Å². The van der Waals surface area contributed by atoms with Crippen LogP contribution in [0, 0.1) is 0 Å². The molecule has 0 bridgehead atoms. The summed E-state index contributed by atoms with van der Waals surface area (Å²) in [5.74, 6) is -0.558. The molecule has 3 aromatic rings. The number of halogens is 3. The van der Waals surface area contributed by atoms with Gasteiger partial charge in [0.2, 0.25) is 0 Å². The molecule has 0 fully saturated rings. The topological polar surface area (TPSA) is 110 Å². The Labute approximate surface area is 149 Å². The van der Waals surface area contributed by atoms with E-state index in [1.807, 2.05) is 0 Å². The molecule has 0 amide bonds. The molecule has 8 nitrogen and oxygen atoms in total. The fourth-order valence-corrected chi connectivity index (χ4v) is 2.23. The predicted molar refractivity (Wildman–Crippen MR) is 86.6 cm³/mol. The summed E-state index contributed by atoms with van der Waals surface area (Å²) >= 11 is 0. The Morgan fingerprint density at radius 2 is 1.96 bits per heavy atom. The van der Waals surface area contributed by atoms with Crippen molar-refractivity contribution in [2.24, 2.45) is 0 Å². The van der Waals surface area contributed by atoms with E-state index in [9.17, 15) is 22.8 Å². The van der Waals surface area contributed by atoms with Gasteiger partial charge in [-0.1, -0.05) is 5.16 Å². The molecular weight excluding hydrogens is 369 g/mol. The summed E-state index contributed by atoms with van der Waals surface area (Å²) in [7, 11) is 0. The minimum atomic E-state index is -4.45. The third-order valence-corrected chi connectivity index (χ3v) is 3.37. The fourth-order valence-electron chi connectivity index (χ4n) is 2.23. The van der Waals surface area contributed by atoms with Crippen LogP contribution in [0.25, 0.3) is 11.4 Å². The predicted octanol–water partition coefficient (Wildman–Crippen LogP) is 2.77. The largest absolute Gasteiger partial charge is 0.485 e. The van der Waals surface area contributed by atoms with Crippen molar-refractivity contribution in [1.29, 1.82) is 0 Å². The first-order chi connectivity index (χ1) is 12.9. The molecule has 2 heterocycles. The zero-order valence-corrected chi connectivity index (χ0v) is 13.4. The number of aromatic amines is 1. The van der Waals surface area contributed by atoms with Crippen LogP contribution in [0.4, 0.5) is 24.7 Å². The Hall–Kier alpha value is -3.63. The Morgan fingerprint density at radius 3 is 2.56 bits per heavy atom. The zero-order chi connectivity index (χ0) is 19.4. The van der Waals surface area contributed by atoms with E-state index >= 15 is 0 Å². The highest BCUT2D eigenvalue weighted by atomic mass is 19.4. The molecule has 0 atom stereocenters. The van der Waals surface area contributed by atoms with Gasteiger partial charge in [0.1, 0.15) is 23.7 Å². The molecule has 0 aliphatic heterocycles. The number of ether oxygens (including phenoxy) is 1. The third kappa shape index (κ3) is 4.14. The van der Waals surface area contributed by atoms with Crippen LogP contribution in [0.3, 0.4) is 0 Å². The van der Waals surface area contributed by atoms with Gasteiger partial charge in [0, 0.05) is 11.9 Å². The molecule has 0 saturated heterocycles. The lowest BCUT2D eigenvalue weighted by Crippen LogP contribution is -2.06. The van der Waals surface area contributed by atoms with Crippen LogP contribution in [-0.2, 0) is 11.0 Å². The number of anilines is 2. The number of carbonyl (C=O) groups is 1. The van der Waals surface area contributed by atoms with Crippen LogP contribution in [0.2, 0.25) is 0 Å². The van der Waals surface area contributed by atoms with Gasteiger partial charge in [0.25, 0.3) is 0 Å². The van der Waals surface area contributed by atoms with Gasteiger partial charge in [0.05, 0.1) is 5.56 Å². The summed E-state index contributed by atoms with van der Waals surface area (Å²) in [4.78, 5) is 28.3. The lowest BCUT2D eigenvalue weighted by molar-refractivity contribution is -0.137. The summed E-state index contributed by atoms with van der Waals surface area (Å²) in [6.07, 6.45) is -2.57. The van der Waals surface area contributed by atoms with E-state index in [-0.39, 0.29) is 29.6 Å². The normalized spacial score (nSPS) is 11.2. The van der Waals surface area contributed by atoms with Crippen LogP contribution >= 0.6 is 0 Å². The number of pyridine rings is 1. The molecule has 3 rings (SSSR count). The average molecular weight is 380 g/mol. The molecule has 2 aromatic heterocycles. The van der Waals surface area contributed by atoms with Crippen LogP contribution < -0.4 is 15.8 Å². The number of nitrogens with one attached hydrogen (secondary N) is 2. The highest BCUT2D eigenvalue weighted by Crippen LogP contribution is 2.35. The molecule has 0 unspecified atom stereocenters. The van der Waals surface area contributed by atoms with E-state index in [0.29, 0.717) is 12.0 Å². The molecule has 11 heteroatoms. The van der Waals surface area contributed by atoms with Crippen molar-refractivity contribution >= 4 is 17.8 Å². The maximum atomic E-state index is 12.7. The maximum absolute atomic E-state index is 12.7. The number of alkyl halides is 3. The first-order valence-electron chi connectivity index (χ1n) is 7.44. The first-order valence-corrected chi connectivity index (χ1v) is 7.44. The minimum Gasteiger partial charge on any atom is -0.485 e. The van der Waals surface area contributed by atoms with E-state index in [1.54, 1.807) is 0 Å². The number of rotatable bonds is 6. The van der Waals surface area contributed by atoms with Gasteiger partial charge < -0.3 is 10.1 Å². The monoisotopic (exact) mass is 380 g/mol. The molecule has 27 heavy (non-hydrogen) atoms. The minimum absolute atomic E-state index is 0.0246. The van der Waals surface area contributed by atoms with Crippen molar-refractivity contribution in [3.8, 4) is 17.1 Å². The van der Waals surface area contributed by atoms with Crippen molar-refractivity contribution in [2.75, 3.05) is 11.9 Å². The highest BCUT2D eigenvalue weighted by Gasteiger charge is 2.30. The van der Waals surface area contributed by atoms with Crippen molar-refractivity contribution < 1.29 is 27.2 Å². The van der Waals surface area contributed by atoms with Crippen molar-refractivity contribution in [2.45, 2.75) is 6.18 Å². The van der Waals surface area contributed by atoms with E-state index < -0.39 is 17.5 Å². The van der Waals surface area contributed by atoms with Crippen LogP contribution in [0.1, 0.15) is 5.56 Å². The van der Waals surface area contributed by atoms with Gasteiger partial charge in [-0.3, -0.25) is 14.3 Å². The van der Waals surface area contributed by atoms with Gasteiger partial charge in [-0.15, -0.1) is 0 Å². The van der Waals surface area contributed by atoms with Crippen molar-refractivity contribution in [1.82, 2.24) is 15.1 Å².